The van der Waals surface area contributed by atoms with Crippen molar-refractivity contribution in [1.29, 1.82) is 0 Å². The van der Waals surface area contributed by atoms with Gasteiger partial charge >= 0.3 is 6.09 Å². The van der Waals surface area contributed by atoms with Crippen LogP contribution in [0.25, 0.3) is 0 Å². The Kier molecular flexibility index (Phi) is 5.51. The van der Waals surface area contributed by atoms with Gasteiger partial charge in [-0.3, -0.25) is 19.2 Å². The molecule has 0 aromatic heterocycles. The molecular formula is C25H20BrNO8. The highest BCUT2D eigenvalue weighted by atomic mass is 79.9. The Morgan fingerprint density at radius 1 is 1.11 bits per heavy atom. The molecule has 0 bridgehead atoms. The van der Waals surface area contributed by atoms with Gasteiger partial charge in [0.2, 0.25) is 11.8 Å². The van der Waals surface area contributed by atoms with Crippen LogP contribution in [0.4, 0.5) is 4.79 Å². The molecule has 9 nitrogen and oxygen atoms in total. The van der Waals surface area contributed by atoms with E-state index in [0.717, 1.165) is 7.11 Å². The van der Waals surface area contributed by atoms with Crippen LogP contribution in [-0.4, -0.2) is 53.7 Å². The van der Waals surface area contributed by atoms with Crippen molar-refractivity contribution in [3.8, 4) is 11.5 Å². The van der Waals surface area contributed by atoms with E-state index in [2.05, 4.69) is 20.7 Å². The number of carbonyl (C=O) groups excluding carboxylic acids is 5. The molecule has 0 unspecified atom stereocenters. The molecule has 3 aliphatic carbocycles. The summed E-state index contributed by atoms with van der Waals surface area (Å²) < 4.78 is 10.2. The number of rotatable bonds is 2. The minimum atomic E-state index is -1.04. The zero-order valence-electron chi connectivity index (χ0n) is 18.7. The van der Waals surface area contributed by atoms with E-state index in [1.54, 1.807) is 6.07 Å². The molecule has 4 aliphatic rings. The van der Waals surface area contributed by atoms with Crippen molar-refractivity contribution in [3.63, 3.8) is 0 Å². The Bertz CT molecular complexity index is 1320. The molecule has 1 saturated heterocycles. The van der Waals surface area contributed by atoms with E-state index in [1.165, 1.54) is 25.3 Å². The minimum Gasteiger partial charge on any atom is -0.508 e. The summed E-state index contributed by atoms with van der Waals surface area (Å²) >= 11 is 3.17. The Labute approximate surface area is 208 Å². The van der Waals surface area contributed by atoms with Gasteiger partial charge in [0.25, 0.3) is 0 Å². The second kappa shape index (κ2) is 8.30. The van der Waals surface area contributed by atoms with Crippen LogP contribution in [0.3, 0.4) is 0 Å². The molecule has 1 aromatic rings. The highest BCUT2D eigenvalue weighted by molar-refractivity contribution is 9.12. The Morgan fingerprint density at radius 3 is 2.54 bits per heavy atom. The van der Waals surface area contributed by atoms with Crippen molar-refractivity contribution in [2.45, 2.75) is 18.8 Å². The van der Waals surface area contributed by atoms with Gasteiger partial charge in [0.1, 0.15) is 11.5 Å². The number of methoxy groups -OCH3 is 2. The number of aromatic hydroxyl groups is 1. The number of phenols is 1. The predicted molar refractivity (Wildman–Crippen MR) is 123 cm³/mol. The van der Waals surface area contributed by atoms with Crippen LogP contribution in [0.1, 0.15) is 24.3 Å². The summed E-state index contributed by atoms with van der Waals surface area (Å²) in [7, 11) is 2.52. The molecule has 3 amide bonds. The number of likely N-dealkylation sites (tertiary alicyclic amines) is 1. The van der Waals surface area contributed by atoms with E-state index >= 15 is 0 Å². The predicted octanol–water partition coefficient (Wildman–Crippen LogP) is 2.93. The van der Waals surface area contributed by atoms with Crippen LogP contribution in [0.2, 0.25) is 0 Å². The number of imide groups is 3. The molecule has 1 N–H and O–H groups in total. The number of carbonyl (C=O) groups is 5. The van der Waals surface area contributed by atoms with Crippen LogP contribution in [-0.2, 0) is 23.9 Å². The first-order chi connectivity index (χ1) is 16.7. The van der Waals surface area contributed by atoms with Gasteiger partial charge in [-0.15, -0.1) is 0 Å². The van der Waals surface area contributed by atoms with Gasteiger partial charge < -0.3 is 14.6 Å². The van der Waals surface area contributed by atoms with Crippen molar-refractivity contribution >= 4 is 45.4 Å². The maximum Gasteiger partial charge on any atom is 0.423 e. The lowest BCUT2D eigenvalue weighted by Crippen LogP contribution is -2.40. The summed E-state index contributed by atoms with van der Waals surface area (Å²) in [5.41, 5.74) is 1.78. The summed E-state index contributed by atoms with van der Waals surface area (Å²) in [5, 5.41) is 9.98. The number of fused-ring (bicyclic) bond motifs is 3. The first-order valence-corrected chi connectivity index (χ1v) is 11.7. The fraction of sp³-hybridized carbons (Fsp3) is 0.320. The summed E-state index contributed by atoms with van der Waals surface area (Å²) in [6.07, 6.45) is 2.27. The molecule has 180 valence electrons. The number of hydrogen-bond acceptors (Lipinski definition) is 8. The second-order valence-electron chi connectivity index (χ2n) is 8.80. The number of Topliss-reactive ketones (excluding diaryl/α,β-unsaturated/α-hetero) is 1. The van der Waals surface area contributed by atoms with Gasteiger partial charge in [0.15, 0.2) is 11.6 Å². The molecule has 1 heterocycles. The van der Waals surface area contributed by atoms with Gasteiger partial charge in [-0.25, -0.2) is 4.79 Å². The lowest BCUT2D eigenvalue weighted by Gasteiger charge is -2.42. The van der Waals surface area contributed by atoms with E-state index in [-0.39, 0.29) is 45.8 Å². The van der Waals surface area contributed by atoms with Gasteiger partial charge in [-0.1, -0.05) is 17.7 Å². The molecule has 4 atom stereocenters. The molecule has 10 heteroatoms. The third-order valence-corrected chi connectivity index (χ3v) is 7.81. The summed E-state index contributed by atoms with van der Waals surface area (Å²) in [6.45, 7) is 0. The number of amides is 3. The largest absolute Gasteiger partial charge is 0.508 e. The highest BCUT2D eigenvalue weighted by Crippen LogP contribution is 2.56. The Morgan fingerprint density at radius 2 is 1.86 bits per heavy atom. The van der Waals surface area contributed by atoms with Crippen LogP contribution in [0, 0.1) is 17.8 Å². The molecule has 35 heavy (non-hydrogen) atoms. The number of ketones is 2. The van der Waals surface area contributed by atoms with Crippen LogP contribution in [0.5, 0.6) is 11.5 Å². The van der Waals surface area contributed by atoms with Crippen LogP contribution < -0.4 is 4.74 Å². The van der Waals surface area contributed by atoms with Crippen molar-refractivity contribution in [3.05, 3.63) is 57.1 Å². The maximum atomic E-state index is 13.3. The van der Waals surface area contributed by atoms with Gasteiger partial charge in [-0.2, -0.15) is 4.90 Å². The van der Waals surface area contributed by atoms with Gasteiger partial charge in [-0.05, 0) is 40.8 Å². The number of nitrogens with zero attached hydrogens (tertiary/aromatic N) is 1. The fourth-order valence-electron chi connectivity index (χ4n) is 5.77. The SMILES string of the molecule is COC(=O)N1C(=O)[C@H]2[C@H](CC=C3[C@H](c4ccc(O)cc4OC)C4=C(C[C@H]32)C(=O)C(Br)=CC4=O)C1=O. The molecule has 0 radical (unpaired) electrons. The normalized spacial score (nSPS) is 27.7. The molecule has 1 aromatic carbocycles. The van der Waals surface area contributed by atoms with Crippen LogP contribution in [0.15, 0.2) is 51.6 Å². The average molecular weight is 542 g/mol. The van der Waals surface area contributed by atoms with Gasteiger partial charge in [0, 0.05) is 34.8 Å². The average Bonchev–Trinajstić information content (AvgIpc) is 3.10. The molecule has 5 rings (SSSR count). The summed E-state index contributed by atoms with van der Waals surface area (Å²) in [5.74, 6) is -4.74. The topological polar surface area (TPSA) is 127 Å². The quantitative estimate of drug-likeness (QED) is 0.344. The standard InChI is InChI=1S/C25H20BrNO8/c1-34-18-7-10(28)3-4-12(18)19-11-5-6-13-20(24(32)27(23(13)31)25(33)35-2)14(11)8-15-21(19)17(29)9-16(26)22(15)30/h3-5,7,9,13-14,19-20,28H,6,8H2,1-2H3/t13-,14+,19+,20-/m0/s1. The monoisotopic (exact) mass is 541 g/mol. The smallest absolute Gasteiger partial charge is 0.423 e. The number of benzene rings is 1. The van der Waals surface area contributed by atoms with Crippen molar-refractivity contribution in [2.75, 3.05) is 14.2 Å². The number of phenolic OH excluding ortho intramolecular Hbond substituents is 1. The maximum absolute atomic E-state index is 13.3. The minimum absolute atomic E-state index is 0.0381. The highest BCUT2D eigenvalue weighted by Gasteiger charge is 2.58. The van der Waals surface area contributed by atoms with E-state index < -0.39 is 41.6 Å². The zero-order chi connectivity index (χ0) is 25.2. The van der Waals surface area contributed by atoms with Crippen molar-refractivity contribution in [1.82, 2.24) is 4.90 Å². The summed E-state index contributed by atoms with van der Waals surface area (Å²) in [6, 6.07) is 4.49. The first kappa shape index (κ1) is 23.2. The third-order valence-electron chi connectivity index (χ3n) is 7.22. The summed E-state index contributed by atoms with van der Waals surface area (Å²) in [4.78, 5) is 65.4. The van der Waals surface area contributed by atoms with Crippen molar-refractivity contribution < 1.29 is 38.6 Å². The number of halogens is 1. The van der Waals surface area contributed by atoms with E-state index in [1.807, 2.05) is 6.08 Å². The zero-order valence-corrected chi connectivity index (χ0v) is 20.3. The van der Waals surface area contributed by atoms with Crippen molar-refractivity contribution in [2.24, 2.45) is 17.8 Å². The second-order valence-corrected chi connectivity index (χ2v) is 9.66. The van der Waals surface area contributed by atoms with Crippen LogP contribution >= 0.6 is 15.9 Å². The molecule has 0 saturated carbocycles. The first-order valence-electron chi connectivity index (χ1n) is 10.9. The Hall–Kier alpha value is -3.53. The lowest BCUT2D eigenvalue weighted by molar-refractivity contribution is -0.137. The molecular weight excluding hydrogens is 522 g/mol. The number of hydrogen-bond donors (Lipinski definition) is 1. The van der Waals surface area contributed by atoms with E-state index in [4.69, 9.17) is 4.74 Å². The molecule has 1 fully saturated rings. The van der Waals surface area contributed by atoms with Gasteiger partial charge in [0.05, 0.1) is 30.5 Å². The van der Waals surface area contributed by atoms with E-state index in [0.29, 0.717) is 21.8 Å². The fourth-order valence-corrected chi connectivity index (χ4v) is 6.22. The van der Waals surface area contributed by atoms with E-state index in [9.17, 15) is 29.1 Å². The number of ether oxygens (including phenoxy) is 2. The Balaban J connectivity index is 1.70. The molecule has 1 aliphatic heterocycles. The third kappa shape index (κ3) is 3.30. The molecule has 0 spiro atoms. The number of allylic oxidation sites excluding steroid dienone is 6. The lowest BCUT2D eigenvalue weighted by atomic mass is 9.59.